The topological polar surface area (TPSA) is 72.0 Å². The number of aromatic nitrogens is 3. The lowest BCUT2D eigenvalue weighted by Crippen LogP contribution is -2.07. The Balaban J connectivity index is 2.34. The number of halogens is 2. The summed E-state index contributed by atoms with van der Waals surface area (Å²) in [7, 11) is 1.73. The van der Waals surface area contributed by atoms with Crippen LogP contribution in [0, 0.1) is 6.92 Å². The van der Waals surface area contributed by atoms with Crippen molar-refractivity contribution in [2.24, 2.45) is 0 Å². The highest BCUT2D eigenvalue weighted by Crippen LogP contribution is 2.31. The molecule has 2 N–H and O–H groups in total. The first-order valence-corrected chi connectivity index (χ1v) is 7.50. The number of hydrogen-bond acceptors (Lipinski definition) is 6. The van der Waals surface area contributed by atoms with Crippen molar-refractivity contribution >= 4 is 45.1 Å². The smallest absolute Gasteiger partial charge is 0.323 e. The van der Waals surface area contributed by atoms with Gasteiger partial charge in [-0.2, -0.15) is 15.0 Å². The van der Waals surface area contributed by atoms with Gasteiger partial charge >= 0.3 is 6.01 Å². The van der Waals surface area contributed by atoms with Crippen LogP contribution in [0.15, 0.2) is 16.6 Å². The van der Waals surface area contributed by atoms with Crippen molar-refractivity contribution in [3.8, 4) is 6.01 Å². The van der Waals surface area contributed by atoms with Crippen LogP contribution in [0.25, 0.3) is 0 Å². The predicted molar refractivity (Wildman–Crippen MR) is 87.7 cm³/mol. The molecule has 21 heavy (non-hydrogen) atoms. The van der Waals surface area contributed by atoms with Crippen molar-refractivity contribution in [1.82, 2.24) is 15.0 Å². The van der Waals surface area contributed by atoms with Gasteiger partial charge in [0, 0.05) is 16.5 Å². The van der Waals surface area contributed by atoms with E-state index in [1.807, 2.05) is 26.0 Å². The lowest BCUT2D eigenvalue weighted by molar-refractivity contribution is 0.312. The van der Waals surface area contributed by atoms with Gasteiger partial charge in [0.05, 0.1) is 12.3 Å². The summed E-state index contributed by atoms with van der Waals surface area (Å²) < 4.78 is 6.19. The highest BCUT2D eigenvalue weighted by atomic mass is 79.9. The number of benzene rings is 1. The Bertz CT molecular complexity index is 653. The van der Waals surface area contributed by atoms with E-state index in [1.54, 1.807) is 7.05 Å². The van der Waals surface area contributed by atoms with Crippen LogP contribution in [-0.2, 0) is 0 Å². The Labute approximate surface area is 136 Å². The number of nitrogens with one attached hydrogen (secondary N) is 2. The first kappa shape index (κ1) is 15.8. The first-order chi connectivity index (χ1) is 10.0. The Morgan fingerprint density at radius 3 is 2.62 bits per heavy atom. The van der Waals surface area contributed by atoms with Crippen molar-refractivity contribution in [2.45, 2.75) is 13.8 Å². The number of rotatable bonds is 5. The van der Waals surface area contributed by atoms with Crippen molar-refractivity contribution in [1.29, 1.82) is 0 Å². The van der Waals surface area contributed by atoms with E-state index in [4.69, 9.17) is 16.3 Å². The van der Waals surface area contributed by atoms with E-state index in [2.05, 4.69) is 41.5 Å². The Hall–Kier alpha value is -1.60. The molecule has 2 rings (SSSR count). The molecule has 0 aliphatic heterocycles. The minimum Gasteiger partial charge on any atom is -0.464 e. The molecule has 0 saturated carbocycles. The van der Waals surface area contributed by atoms with E-state index in [9.17, 15) is 0 Å². The summed E-state index contributed by atoms with van der Waals surface area (Å²) in [6.07, 6.45) is 0. The molecule has 112 valence electrons. The molecular weight excluding hydrogens is 358 g/mol. The predicted octanol–water partition coefficient (Wildman–Crippen LogP) is 3.78. The van der Waals surface area contributed by atoms with Gasteiger partial charge < -0.3 is 15.4 Å². The van der Waals surface area contributed by atoms with E-state index in [0.717, 1.165) is 15.7 Å². The van der Waals surface area contributed by atoms with Gasteiger partial charge in [-0.1, -0.05) is 11.6 Å². The zero-order chi connectivity index (χ0) is 15.4. The van der Waals surface area contributed by atoms with Crippen molar-refractivity contribution in [3.05, 3.63) is 27.2 Å². The molecule has 1 aromatic heterocycles. The van der Waals surface area contributed by atoms with Crippen molar-refractivity contribution in [2.75, 3.05) is 24.3 Å². The highest BCUT2D eigenvalue weighted by molar-refractivity contribution is 9.10. The number of anilines is 3. The normalized spacial score (nSPS) is 10.3. The molecule has 0 spiro atoms. The standard InChI is InChI=1S/C13H15BrClN5O/c1-4-21-13-19-11(16-3)18-12(20-13)17-10-6-9(15)7(2)5-8(10)14/h5-6H,4H2,1-3H3,(H2,16,17,18,19,20). The largest absolute Gasteiger partial charge is 0.464 e. The summed E-state index contributed by atoms with van der Waals surface area (Å²) >= 11 is 9.62. The van der Waals surface area contributed by atoms with Crippen LogP contribution < -0.4 is 15.4 Å². The lowest BCUT2D eigenvalue weighted by Gasteiger charge is -2.11. The van der Waals surface area contributed by atoms with Gasteiger partial charge in [0.1, 0.15) is 0 Å². The van der Waals surface area contributed by atoms with E-state index in [0.29, 0.717) is 23.5 Å². The second-order valence-electron chi connectivity index (χ2n) is 4.15. The Morgan fingerprint density at radius 2 is 1.95 bits per heavy atom. The van der Waals surface area contributed by atoms with Gasteiger partial charge in [0.15, 0.2) is 0 Å². The first-order valence-electron chi connectivity index (χ1n) is 6.32. The van der Waals surface area contributed by atoms with E-state index >= 15 is 0 Å². The maximum absolute atomic E-state index is 6.14. The number of nitrogens with zero attached hydrogens (tertiary/aromatic N) is 3. The fraction of sp³-hybridized carbons (Fsp3) is 0.308. The van der Waals surface area contributed by atoms with E-state index < -0.39 is 0 Å². The van der Waals surface area contributed by atoms with Crippen molar-refractivity contribution in [3.63, 3.8) is 0 Å². The Kier molecular flexibility index (Phi) is 5.19. The number of hydrogen-bond donors (Lipinski definition) is 2. The van der Waals surface area contributed by atoms with Crippen LogP contribution in [-0.4, -0.2) is 28.6 Å². The van der Waals surface area contributed by atoms with Crippen LogP contribution in [0.5, 0.6) is 6.01 Å². The van der Waals surface area contributed by atoms with Gasteiger partial charge in [-0.15, -0.1) is 0 Å². The molecule has 0 atom stereocenters. The average molecular weight is 373 g/mol. The summed E-state index contributed by atoms with van der Waals surface area (Å²) in [4.78, 5) is 12.5. The van der Waals surface area contributed by atoms with Gasteiger partial charge in [-0.25, -0.2) is 0 Å². The Morgan fingerprint density at radius 1 is 1.24 bits per heavy atom. The summed E-state index contributed by atoms with van der Waals surface area (Å²) in [5.74, 6) is 0.795. The molecule has 1 heterocycles. The minimum atomic E-state index is 0.258. The number of aryl methyl sites for hydroxylation is 1. The molecular formula is C13H15BrClN5O. The second kappa shape index (κ2) is 6.91. The second-order valence-corrected chi connectivity index (χ2v) is 5.42. The molecule has 8 heteroatoms. The zero-order valence-corrected chi connectivity index (χ0v) is 14.2. The fourth-order valence-corrected chi connectivity index (χ4v) is 2.30. The zero-order valence-electron chi connectivity index (χ0n) is 11.9. The molecule has 0 unspecified atom stereocenters. The number of ether oxygens (including phenoxy) is 1. The molecule has 0 saturated heterocycles. The van der Waals surface area contributed by atoms with Crippen molar-refractivity contribution < 1.29 is 4.74 Å². The van der Waals surface area contributed by atoms with E-state index in [1.165, 1.54) is 0 Å². The summed E-state index contributed by atoms with van der Waals surface area (Å²) in [6.45, 7) is 4.28. The van der Waals surface area contributed by atoms with Crippen LogP contribution in [0.1, 0.15) is 12.5 Å². The summed E-state index contributed by atoms with van der Waals surface area (Å²) in [5, 5.41) is 6.63. The summed E-state index contributed by atoms with van der Waals surface area (Å²) in [6, 6.07) is 3.99. The molecule has 0 fully saturated rings. The van der Waals surface area contributed by atoms with Crippen LogP contribution >= 0.6 is 27.5 Å². The minimum absolute atomic E-state index is 0.258. The average Bonchev–Trinajstić information content (AvgIpc) is 2.45. The molecule has 0 aliphatic carbocycles. The lowest BCUT2D eigenvalue weighted by atomic mass is 10.2. The molecule has 0 amide bonds. The molecule has 1 aromatic carbocycles. The molecule has 2 aromatic rings. The molecule has 0 bridgehead atoms. The maximum Gasteiger partial charge on any atom is 0.323 e. The third-order valence-corrected chi connectivity index (χ3v) is 3.67. The van der Waals surface area contributed by atoms with Crippen LogP contribution in [0.4, 0.5) is 17.6 Å². The van der Waals surface area contributed by atoms with Gasteiger partial charge in [0.2, 0.25) is 11.9 Å². The van der Waals surface area contributed by atoms with Crippen LogP contribution in [0.3, 0.4) is 0 Å². The van der Waals surface area contributed by atoms with Gasteiger partial charge in [-0.3, -0.25) is 0 Å². The molecule has 0 aliphatic rings. The third kappa shape index (κ3) is 3.95. The fourth-order valence-electron chi connectivity index (χ4n) is 1.58. The molecule has 6 nitrogen and oxygen atoms in total. The summed E-state index contributed by atoms with van der Waals surface area (Å²) in [5.41, 5.74) is 1.75. The van der Waals surface area contributed by atoms with Gasteiger partial charge in [-0.05, 0) is 47.5 Å². The third-order valence-electron chi connectivity index (χ3n) is 2.61. The SMILES string of the molecule is CCOc1nc(NC)nc(Nc2cc(Cl)c(C)cc2Br)n1. The van der Waals surface area contributed by atoms with E-state index in [-0.39, 0.29) is 6.01 Å². The molecule has 0 radical (unpaired) electrons. The van der Waals surface area contributed by atoms with Gasteiger partial charge in [0.25, 0.3) is 0 Å². The maximum atomic E-state index is 6.14. The van der Waals surface area contributed by atoms with Crippen LogP contribution in [0.2, 0.25) is 5.02 Å². The quantitative estimate of drug-likeness (QED) is 0.832. The monoisotopic (exact) mass is 371 g/mol. The highest BCUT2D eigenvalue weighted by Gasteiger charge is 2.10.